The summed E-state index contributed by atoms with van der Waals surface area (Å²) in [5, 5.41) is 2.30. The van der Waals surface area contributed by atoms with Gasteiger partial charge in [0.05, 0.1) is 23.4 Å². The lowest BCUT2D eigenvalue weighted by molar-refractivity contribution is 0.414. The molecule has 0 amide bonds. The molecule has 1 heterocycles. The van der Waals surface area contributed by atoms with E-state index in [0.29, 0.717) is 33.3 Å². The standard InChI is InChI=1S/C22H17FN2O3S2/c1-28-15-10-12-16(13-11-15)30(26,27)25-20-9-5-3-7-18(20)21-14-29-22(24-21)17-6-2-4-8-19(17)23/h2-14,25H,1H3. The maximum atomic E-state index is 14.1. The SMILES string of the molecule is COc1ccc(S(=O)(=O)Nc2ccccc2-c2csc(-c3ccccc3F)n2)cc1. The number of hydrogen-bond donors (Lipinski definition) is 1. The maximum absolute atomic E-state index is 14.1. The molecule has 5 nitrogen and oxygen atoms in total. The Morgan fingerprint density at radius 3 is 2.30 bits per heavy atom. The molecule has 30 heavy (non-hydrogen) atoms. The highest BCUT2D eigenvalue weighted by Gasteiger charge is 2.18. The Morgan fingerprint density at radius 2 is 1.60 bits per heavy atom. The predicted octanol–water partition coefficient (Wildman–Crippen LogP) is 5.43. The summed E-state index contributed by atoms with van der Waals surface area (Å²) < 4.78 is 47.5. The molecule has 1 N–H and O–H groups in total. The molecular formula is C22H17FN2O3S2. The molecule has 0 fully saturated rings. The second kappa shape index (κ2) is 8.25. The van der Waals surface area contributed by atoms with Crippen molar-refractivity contribution in [3.05, 3.63) is 84.0 Å². The van der Waals surface area contributed by atoms with Crippen LogP contribution in [0.25, 0.3) is 21.8 Å². The van der Waals surface area contributed by atoms with Gasteiger partial charge < -0.3 is 4.74 Å². The van der Waals surface area contributed by atoms with E-state index in [4.69, 9.17) is 4.74 Å². The van der Waals surface area contributed by atoms with Crippen molar-refractivity contribution in [2.75, 3.05) is 11.8 Å². The maximum Gasteiger partial charge on any atom is 0.261 e. The molecular weight excluding hydrogens is 423 g/mol. The molecule has 0 radical (unpaired) electrons. The van der Waals surface area contributed by atoms with Gasteiger partial charge in [0.1, 0.15) is 16.6 Å². The van der Waals surface area contributed by atoms with Crippen LogP contribution in [0.2, 0.25) is 0 Å². The van der Waals surface area contributed by atoms with Crippen LogP contribution >= 0.6 is 11.3 Å². The number of para-hydroxylation sites is 1. The molecule has 8 heteroatoms. The van der Waals surface area contributed by atoms with E-state index in [1.165, 1.54) is 36.6 Å². The van der Waals surface area contributed by atoms with Gasteiger partial charge in [0, 0.05) is 16.5 Å². The van der Waals surface area contributed by atoms with Crippen LogP contribution < -0.4 is 9.46 Å². The number of nitrogens with one attached hydrogen (secondary N) is 1. The van der Waals surface area contributed by atoms with E-state index < -0.39 is 10.0 Å². The quantitative estimate of drug-likeness (QED) is 0.434. The number of anilines is 1. The summed E-state index contributed by atoms with van der Waals surface area (Å²) in [6.45, 7) is 0. The van der Waals surface area contributed by atoms with E-state index in [1.54, 1.807) is 60.0 Å². The number of rotatable bonds is 6. The van der Waals surface area contributed by atoms with Crippen molar-refractivity contribution >= 4 is 27.0 Å². The molecule has 0 aliphatic heterocycles. The highest BCUT2D eigenvalue weighted by atomic mass is 32.2. The Kier molecular flexibility index (Phi) is 5.52. The Hall–Kier alpha value is -3.23. The van der Waals surface area contributed by atoms with Crippen LogP contribution in [0.3, 0.4) is 0 Å². The monoisotopic (exact) mass is 440 g/mol. The lowest BCUT2D eigenvalue weighted by Crippen LogP contribution is -2.13. The van der Waals surface area contributed by atoms with E-state index in [9.17, 15) is 12.8 Å². The van der Waals surface area contributed by atoms with E-state index in [1.807, 2.05) is 0 Å². The number of thiazole rings is 1. The third-order valence-electron chi connectivity index (χ3n) is 4.43. The fourth-order valence-electron chi connectivity index (χ4n) is 2.91. The molecule has 0 unspecified atom stereocenters. The number of nitrogens with zero attached hydrogens (tertiary/aromatic N) is 1. The number of sulfonamides is 1. The van der Waals surface area contributed by atoms with Crippen molar-refractivity contribution < 1.29 is 17.5 Å². The molecule has 0 aliphatic carbocycles. The minimum atomic E-state index is -3.81. The van der Waals surface area contributed by atoms with Crippen molar-refractivity contribution in [3.63, 3.8) is 0 Å². The third kappa shape index (κ3) is 4.05. The number of benzene rings is 3. The summed E-state index contributed by atoms with van der Waals surface area (Å²) in [4.78, 5) is 4.64. The molecule has 0 spiro atoms. The van der Waals surface area contributed by atoms with Gasteiger partial charge in [-0.15, -0.1) is 11.3 Å². The van der Waals surface area contributed by atoms with Gasteiger partial charge in [-0.05, 0) is 42.5 Å². The van der Waals surface area contributed by atoms with Gasteiger partial charge in [-0.3, -0.25) is 4.72 Å². The van der Waals surface area contributed by atoms with E-state index in [-0.39, 0.29) is 10.7 Å². The third-order valence-corrected chi connectivity index (χ3v) is 6.68. The zero-order chi connectivity index (χ0) is 21.1. The smallest absolute Gasteiger partial charge is 0.261 e. The number of aromatic nitrogens is 1. The highest BCUT2D eigenvalue weighted by molar-refractivity contribution is 7.92. The Balaban J connectivity index is 1.67. The van der Waals surface area contributed by atoms with E-state index >= 15 is 0 Å². The number of halogens is 1. The Labute approximate surface area is 177 Å². The molecule has 0 saturated carbocycles. The minimum absolute atomic E-state index is 0.114. The Morgan fingerprint density at radius 1 is 0.933 bits per heavy atom. The number of ether oxygens (including phenoxy) is 1. The topological polar surface area (TPSA) is 68.3 Å². The van der Waals surface area contributed by atoms with Crippen LogP contribution in [-0.2, 0) is 10.0 Å². The Bertz CT molecular complexity index is 1290. The molecule has 0 aliphatic rings. The normalized spacial score (nSPS) is 11.3. The van der Waals surface area contributed by atoms with Crippen LogP contribution in [0, 0.1) is 5.82 Å². The zero-order valence-electron chi connectivity index (χ0n) is 15.9. The second-order valence-corrected chi connectivity index (χ2v) is 8.88. The second-order valence-electron chi connectivity index (χ2n) is 6.34. The van der Waals surface area contributed by atoms with E-state index in [0.717, 1.165) is 0 Å². The van der Waals surface area contributed by atoms with Gasteiger partial charge in [-0.25, -0.2) is 17.8 Å². The fraction of sp³-hybridized carbons (Fsp3) is 0.0455. The van der Waals surface area contributed by atoms with Crippen LogP contribution in [0.4, 0.5) is 10.1 Å². The van der Waals surface area contributed by atoms with Crippen molar-refractivity contribution in [2.24, 2.45) is 0 Å². The molecule has 1 aromatic heterocycles. The first kappa shape index (κ1) is 20.1. The summed E-state index contributed by atoms with van der Waals surface area (Å²) in [5.74, 6) is 0.212. The van der Waals surface area contributed by atoms with Crippen LogP contribution in [-0.4, -0.2) is 20.5 Å². The van der Waals surface area contributed by atoms with Crippen LogP contribution in [0.1, 0.15) is 0 Å². The molecule has 0 bridgehead atoms. The first-order chi connectivity index (χ1) is 14.5. The summed E-state index contributed by atoms with van der Waals surface area (Å²) in [6.07, 6.45) is 0. The number of methoxy groups -OCH3 is 1. The molecule has 3 aromatic carbocycles. The number of hydrogen-bond acceptors (Lipinski definition) is 5. The van der Waals surface area contributed by atoms with Crippen molar-refractivity contribution in [1.29, 1.82) is 0 Å². The highest BCUT2D eigenvalue weighted by Crippen LogP contribution is 2.34. The zero-order valence-corrected chi connectivity index (χ0v) is 17.5. The van der Waals surface area contributed by atoms with Crippen LogP contribution in [0.15, 0.2) is 83.1 Å². The first-order valence-electron chi connectivity index (χ1n) is 8.94. The van der Waals surface area contributed by atoms with Crippen molar-refractivity contribution in [1.82, 2.24) is 4.98 Å². The lowest BCUT2D eigenvalue weighted by Gasteiger charge is -2.12. The van der Waals surface area contributed by atoms with Gasteiger partial charge in [-0.1, -0.05) is 30.3 Å². The van der Waals surface area contributed by atoms with Crippen molar-refractivity contribution in [3.8, 4) is 27.6 Å². The summed E-state index contributed by atoms with van der Waals surface area (Å²) in [7, 11) is -2.30. The van der Waals surface area contributed by atoms with Gasteiger partial charge in [0.25, 0.3) is 10.0 Å². The minimum Gasteiger partial charge on any atom is -0.497 e. The summed E-state index contributed by atoms with van der Waals surface area (Å²) >= 11 is 1.30. The molecule has 0 atom stereocenters. The van der Waals surface area contributed by atoms with Gasteiger partial charge in [-0.2, -0.15) is 0 Å². The molecule has 4 rings (SSSR count). The first-order valence-corrected chi connectivity index (χ1v) is 11.3. The fourth-order valence-corrected chi connectivity index (χ4v) is 4.84. The van der Waals surface area contributed by atoms with E-state index in [2.05, 4.69) is 9.71 Å². The lowest BCUT2D eigenvalue weighted by atomic mass is 10.1. The van der Waals surface area contributed by atoms with Gasteiger partial charge >= 0.3 is 0 Å². The largest absolute Gasteiger partial charge is 0.497 e. The molecule has 0 saturated heterocycles. The summed E-state index contributed by atoms with van der Waals surface area (Å²) in [5.41, 5.74) is 1.96. The summed E-state index contributed by atoms with van der Waals surface area (Å²) in [6, 6.07) is 19.5. The van der Waals surface area contributed by atoms with Gasteiger partial charge in [0.15, 0.2) is 0 Å². The molecule has 152 valence electrons. The molecule has 4 aromatic rings. The average Bonchev–Trinajstić information content (AvgIpc) is 3.24. The average molecular weight is 441 g/mol. The van der Waals surface area contributed by atoms with Crippen LogP contribution in [0.5, 0.6) is 5.75 Å². The van der Waals surface area contributed by atoms with Gasteiger partial charge in [0.2, 0.25) is 0 Å². The van der Waals surface area contributed by atoms with Crippen molar-refractivity contribution in [2.45, 2.75) is 4.90 Å². The predicted molar refractivity (Wildman–Crippen MR) is 117 cm³/mol.